The van der Waals surface area contributed by atoms with E-state index in [4.69, 9.17) is 26.8 Å². The Morgan fingerprint density at radius 1 is 1.17 bits per heavy atom. The van der Waals surface area contributed by atoms with Gasteiger partial charge in [-0.1, -0.05) is 45.4 Å². The fourth-order valence-electron chi connectivity index (χ4n) is 5.15. The zero-order valence-electron chi connectivity index (χ0n) is 32.2. The molecule has 2 heterocycles. The third-order valence-corrected chi connectivity index (χ3v) is 10.9. The summed E-state index contributed by atoms with van der Waals surface area (Å²) in [5.74, 6) is 0.277. The highest BCUT2D eigenvalue weighted by Gasteiger charge is 2.52. The van der Waals surface area contributed by atoms with Crippen molar-refractivity contribution in [1.82, 2.24) is 19.9 Å². The third-order valence-electron chi connectivity index (χ3n) is 8.46. The number of allylic oxidation sites excluding steroid dienone is 1. The van der Waals surface area contributed by atoms with Gasteiger partial charge in [-0.25, -0.2) is 13.2 Å². The van der Waals surface area contributed by atoms with Crippen LogP contribution in [0, 0.1) is 23.7 Å². The van der Waals surface area contributed by atoms with Crippen LogP contribution in [0.15, 0.2) is 41.8 Å². The molecule has 1 aromatic heterocycles. The van der Waals surface area contributed by atoms with Crippen molar-refractivity contribution in [3.63, 3.8) is 0 Å². The Labute approximate surface area is 317 Å². The van der Waals surface area contributed by atoms with Crippen LogP contribution in [0.1, 0.15) is 81.1 Å². The minimum absolute atomic E-state index is 0.0398. The number of nitrogens with two attached hydrogens (primary N) is 1. The summed E-state index contributed by atoms with van der Waals surface area (Å²) in [4.78, 5) is 61.8. The number of fused-ring (bicyclic) bond motifs is 1. The van der Waals surface area contributed by atoms with E-state index in [1.54, 1.807) is 65.3 Å². The zero-order chi connectivity index (χ0) is 40.5. The molecule has 2 aliphatic carbocycles. The largest absolute Gasteiger partial charge is 0.495 e. The minimum atomic E-state index is -3.46. The number of halogens is 1. The maximum atomic E-state index is 12.0. The number of primary amides is 1. The highest BCUT2D eigenvalue weighted by atomic mass is 35.5. The van der Waals surface area contributed by atoms with Gasteiger partial charge in [0, 0.05) is 29.1 Å². The molecule has 4 unspecified atom stereocenters. The van der Waals surface area contributed by atoms with Crippen LogP contribution in [0.5, 0.6) is 5.75 Å². The van der Waals surface area contributed by atoms with Gasteiger partial charge in [0.2, 0.25) is 27.7 Å². The molecule has 53 heavy (non-hydrogen) atoms. The summed E-state index contributed by atoms with van der Waals surface area (Å²) in [6, 6.07) is 4.53. The monoisotopic (exact) mass is 781 g/mol. The number of methoxy groups -OCH3 is 1. The predicted molar refractivity (Wildman–Crippen MR) is 206 cm³/mol. The van der Waals surface area contributed by atoms with Crippen LogP contribution < -0.4 is 26.1 Å². The van der Waals surface area contributed by atoms with Crippen molar-refractivity contribution in [3.8, 4) is 5.75 Å². The van der Waals surface area contributed by atoms with Crippen molar-refractivity contribution in [3.05, 3.63) is 52.4 Å². The van der Waals surface area contributed by atoms with Crippen LogP contribution in [0.4, 0.5) is 4.79 Å². The smallest absolute Gasteiger partial charge is 0.408 e. The second kappa shape index (κ2) is 18.8. The van der Waals surface area contributed by atoms with E-state index < -0.39 is 38.4 Å². The van der Waals surface area contributed by atoms with Crippen molar-refractivity contribution < 1.29 is 37.1 Å². The normalized spacial score (nSPS) is 20.9. The first kappa shape index (κ1) is 45.0. The highest BCUT2D eigenvalue weighted by Crippen LogP contribution is 2.44. The highest BCUT2D eigenvalue weighted by molar-refractivity contribution is 7.91. The van der Waals surface area contributed by atoms with Gasteiger partial charge >= 0.3 is 6.09 Å². The molecular formula is C37H56ClN5O9S. The molecule has 0 bridgehead atoms. The summed E-state index contributed by atoms with van der Waals surface area (Å²) < 4.78 is 35.0. The van der Waals surface area contributed by atoms with E-state index in [0.717, 1.165) is 24.1 Å². The number of benzene rings is 1. The molecule has 2 aromatic rings. The number of sulfonamides is 1. The van der Waals surface area contributed by atoms with E-state index >= 15 is 0 Å². The molecule has 3 fully saturated rings. The Bertz CT molecular complexity index is 1800. The number of alkyl carbamates (subject to hydrolysis) is 1. The number of ether oxygens (including phenoxy) is 2. The van der Waals surface area contributed by atoms with Crippen molar-refractivity contribution in [1.29, 1.82) is 0 Å². The lowest BCUT2D eigenvalue weighted by atomic mass is 10.0. The van der Waals surface area contributed by atoms with Crippen LogP contribution in [0.25, 0.3) is 10.8 Å². The molecule has 4 atom stereocenters. The predicted octanol–water partition coefficient (Wildman–Crippen LogP) is 4.89. The topological polar surface area (TPSA) is 207 Å². The number of aromatic nitrogens is 1. The molecule has 2 saturated carbocycles. The molecule has 3 aliphatic rings. The number of H-pyrrole nitrogens is 1. The number of hydrogen-bond acceptors (Lipinski definition) is 9. The molecule has 16 heteroatoms. The van der Waals surface area contributed by atoms with E-state index in [1.165, 1.54) is 4.90 Å². The van der Waals surface area contributed by atoms with Gasteiger partial charge in [0.15, 0.2) is 0 Å². The van der Waals surface area contributed by atoms with Gasteiger partial charge < -0.3 is 30.4 Å². The first-order valence-electron chi connectivity index (χ1n) is 17.6. The van der Waals surface area contributed by atoms with Crippen molar-refractivity contribution >= 4 is 56.2 Å². The Hall–Kier alpha value is -4.11. The molecule has 5 rings (SSSR count). The van der Waals surface area contributed by atoms with Crippen LogP contribution in [-0.2, 0) is 29.1 Å². The number of nitrogens with zero attached hydrogens (tertiary/aromatic N) is 1. The van der Waals surface area contributed by atoms with Gasteiger partial charge in [0.25, 0.3) is 5.56 Å². The van der Waals surface area contributed by atoms with Gasteiger partial charge in [-0.3, -0.25) is 23.9 Å². The van der Waals surface area contributed by atoms with Crippen LogP contribution in [0.3, 0.4) is 0 Å². The van der Waals surface area contributed by atoms with E-state index in [-0.39, 0.29) is 41.7 Å². The van der Waals surface area contributed by atoms with Crippen LogP contribution >= 0.6 is 11.6 Å². The number of hydrogen-bond donors (Lipinski definition) is 4. The third kappa shape index (κ3) is 13.7. The first-order valence-corrected chi connectivity index (χ1v) is 19.4. The van der Waals surface area contributed by atoms with Gasteiger partial charge in [0.1, 0.15) is 23.9 Å². The van der Waals surface area contributed by atoms with Gasteiger partial charge in [0.05, 0.1) is 17.2 Å². The van der Waals surface area contributed by atoms with Gasteiger partial charge in [-0.05, 0) is 89.3 Å². The summed E-state index contributed by atoms with van der Waals surface area (Å²) >= 11 is 5.79. The van der Waals surface area contributed by atoms with Crippen molar-refractivity contribution in [2.24, 2.45) is 29.4 Å². The maximum Gasteiger partial charge on any atom is 0.408 e. The standard InChI is InChI=1S/C13H23N3O4.C10H8ClNO2.C10H15NO3S.C4H10/c1-8-5-6-16(10(8)11(14)18)9(17)7-15-12(19)20-13(2,3)4;1-14-9-5-12-10(13)8-4-6(11)2-3-7(8)9;1-3-7-6-8(7)9(12)11-15(13,14)10(2)4-5-10;1-4(2)3/h8,10H,5-7H2,1-4H3,(H2,14,18)(H,15,19);2-5H,1H3,(H,12,13);3,7-8H,1,4-6H2,2H3,(H,11,12);4H,1-3H3. The zero-order valence-corrected chi connectivity index (χ0v) is 33.8. The Morgan fingerprint density at radius 2 is 1.77 bits per heavy atom. The van der Waals surface area contributed by atoms with Crippen LogP contribution in [0.2, 0.25) is 5.02 Å². The molecule has 1 aromatic carbocycles. The average molecular weight is 782 g/mol. The SMILES string of the molecule is C=CC1CC1C(=O)NS(=O)(=O)C1(C)CC1.CC(C)C.CC1CCN(C(=O)CNC(=O)OC(C)(C)C)C1C(N)=O.COc1c[nH]c(=O)c2cc(Cl)ccc12. The fraction of sp³-hybridized carbons (Fsp3) is 0.595. The van der Waals surface area contributed by atoms with E-state index in [1.807, 2.05) is 6.92 Å². The fourth-order valence-corrected chi connectivity index (χ4v) is 6.63. The van der Waals surface area contributed by atoms with Crippen LogP contribution in [-0.4, -0.2) is 78.7 Å². The molecular weight excluding hydrogens is 726 g/mol. The molecule has 1 aliphatic heterocycles. The summed E-state index contributed by atoms with van der Waals surface area (Å²) in [6.07, 6.45) is 5.33. The molecule has 0 spiro atoms. The lowest BCUT2D eigenvalue weighted by Crippen LogP contribution is -2.49. The second-order valence-corrected chi connectivity index (χ2v) is 18.0. The van der Waals surface area contributed by atoms with Gasteiger partial charge in [-0.2, -0.15) is 0 Å². The summed E-state index contributed by atoms with van der Waals surface area (Å²) in [5.41, 5.74) is 4.53. The average Bonchev–Trinajstić information content (AvgIpc) is 3.96. The number of pyridine rings is 1. The second-order valence-electron chi connectivity index (χ2n) is 15.3. The minimum Gasteiger partial charge on any atom is -0.495 e. The number of carbonyl (C=O) groups excluding carboxylic acids is 4. The Kier molecular flexibility index (Phi) is 16.0. The summed E-state index contributed by atoms with van der Waals surface area (Å²) in [5, 5.41) is 4.23. The van der Waals surface area contributed by atoms with E-state index in [9.17, 15) is 32.4 Å². The van der Waals surface area contributed by atoms with Crippen molar-refractivity contribution in [2.75, 3.05) is 20.2 Å². The first-order chi connectivity index (χ1) is 24.5. The molecule has 14 nitrogen and oxygen atoms in total. The molecule has 1 saturated heterocycles. The number of nitrogens with one attached hydrogen (secondary N) is 3. The molecule has 4 amide bonds. The number of likely N-dealkylation sites (tertiary alicyclic amines) is 1. The number of amides is 4. The number of aromatic amines is 1. The Balaban J connectivity index is 0.000000265. The van der Waals surface area contributed by atoms with E-state index in [2.05, 4.69) is 42.4 Å². The molecule has 5 N–H and O–H groups in total. The number of rotatable bonds is 8. The van der Waals surface area contributed by atoms with E-state index in [0.29, 0.717) is 35.5 Å². The Morgan fingerprint density at radius 3 is 2.26 bits per heavy atom. The lowest BCUT2D eigenvalue weighted by molar-refractivity contribution is -0.137. The maximum absolute atomic E-state index is 12.0. The van der Waals surface area contributed by atoms with Crippen molar-refractivity contribution in [2.45, 2.75) is 97.5 Å². The lowest BCUT2D eigenvalue weighted by Gasteiger charge is -2.25. The quantitative estimate of drug-likeness (QED) is 0.269. The van der Waals surface area contributed by atoms with Gasteiger partial charge in [-0.15, -0.1) is 6.58 Å². The summed E-state index contributed by atoms with van der Waals surface area (Å²) in [7, 11) is -1.90. The number of carbonyl (C=O) groups is 4. The molecule has 0 radical (unpaired) electrons. The summed E-state index contributed by atoms with van der Waals surface area (Å²) in [6.45, 7) is 19.1. The molecule has 296 valence electrons.